The van der Waals surface area contributed by atoms with Gasteiger partial charge in [-0.2, -0.15) is 5.10 Å². The highest BCUT2D eigenvalue weighted by atomic mass is 15.3. The first-order chi connectivity index (χ1) is 5.97. The Labute approximate surface area is 78.9 Å². The van der Waals surface area contributed by atoms with Gasteiger partial charge in [0.15, 0.2) is 0 Å². The predicted molar refractivity (Wildman–Crippen MR) is 52.4 cm³/mol. The lowest BCUT2D eigenvalue weighted by atomic mass is 9.82. The average Bonchev–Trinajstić information content (AvgIpc) is 2.70. The van der Waals surface area contributed by atoms with E-state index in [1.807, 2.05) is 17.9 Å². The first-order valence-electron chi connectivity index (χ1n) is 4.75. The molecule has 0 aliphatic heterocycles. The van der Waals surface area contributed by atoms with Gasteiger partial charge in [0.05, 0.1) is 0 Å². The number of aryl methyl sites for hydroxylation is 1. The average molecular weight is 179 g/mol. The second kappa shape index (κ2) is 2.35. The van der Waals surface area contributed by atoms with Crippen LogP contribution in [0.3, 0.4) is 0 Å². The molecule has 2 N–H and O–H groups in total. The summed E-state index contributed by atoms with van der Waals surface area (Å²) in [4.78, 5) is 0. The van der Waals surface area contributed by atoms with Gasteiger partial charge in [-0.25, -0.2) is 0 Å². The summed E-state index contributed by atoms with van der Waals surface area (Å²) in [5.74, 6) is 0. The molecule has 1 saturated carbocycles. The predicted octanol–water partition coefficient (Wildman–Crippen LogP) is 1.19. The van der Waals surface area contributed by atoms with Crippen LogP contribution in [-0.2, 0) is 12.5 Å². The van der Waals surface area contributed by atoms with Crippen molar-refractivity contribution in [2.75, 3.05) is 0 Å². The molecule has 0 atom stereocenters. The van der Waals surface area contributed by atoms with E-state index in [2.05, 4.69) is 25.0 Å². The monoisotopic (exact) mass is 179 g/mol. The van der Waals surface area contributed by atoms with Crippen molar-refractivity contribution in [3.63, 3.8) is 0 Å². The van der Waals surface area contributed by atoms with E-state index >= 15 is 0 Å². The maximum Gasteiger partial charge on any atom is 0.0492 e. The molecule has 1 heterocycles. The number of rotatable bonds is 2. The van der Waals surface area contributed by atoms with Gasteiger partial charge < -0.3 is 5.73 Å². The molecule has 0 aromatic carbocycles. The van der Waals surface area contributed by atoms with Crippen molar-refractivity contribution < 1.29 is 0 Å². The number of hydrogen-bond acceptors (Lipinski definition) is 2. The first kappa shape index (κ1) is 8.75. The minimum Gasteiger partial charge on any atom is -0.325 e. The zero-order chi connectivity index (χ0) is 9.69. The molecule has 2 rings (SSSR count). The lowest BCUT2D eigenvalue weighted by molar-refractivity contribution is 0.372. The fraction of sp³-hybridized carbons (Fsp3) is 0.700. The summed E-state index contributed by atoms with van der Waals surface area (Å²) in [6.45, 7) is 4.21. The Morgan fingerprint density at radius 3 is 2.46 bits per heavy atom. The number of hydrogen-bond donors (Lipinski definition) is 1. The molecule has 0 bridgehead atoms. The molecule has 72 valence electrons. The summed E-state index contributed by atoms with van der Waals surface area (Å²) >= 11 is 0. The van der Waals surface area contributed by atoms with Crippen LogP contribution in [0.1, 0.15) is 32.4 Å². The highest BCUT2D eigenvalue weighted by Gasteiger charge is 2.55. The van der Waals surface area contributed by atoms with Crippen LogP contribution < -0.4 is 5.73 Å². The SMILES string of the molecule is Cn1nccc1C1(C(C)(C)N)CC1. The minimum absolute atomic E-state index is 0.138. The summed E-state index contributed by atoms with van der Waals surface area (Å²) in [6.07, 6.45) is 4.23. The number of nitrogens with zero attached hydrogens (tertiary/aromatic N) is 2. The van der Waals surface area contributed by atoms with Gasteiger partial charge in [0, 0.05) is 29.9 Å². The maximum atomic E-state index is 6.19. The standard InChI is InChI=1S/C10H17N3/c1-9(2,11)10(5-6-10)8-4-7-12-13(8)3/h4,7H,5-6,11H2,1-3H3. The Morgan fingerprint density at radius 1 is 1.54 bits per heavy atom. The van der Waals surface area contributed by atoms with Crippen LogP contribution in [0.25, 0.3) is 0 Å². The van der Waals surface area contributed by atoms with Gasteiger partial charge in [-0.3, -0.25) is 4.68 Å². The third kappa shape index (κ3) is 1.10. The van der Waals surface area contributed by atoms with Crippen molar-refractivity contribution in [3.05, 3.63) is 18.0 Å². The van der Waals surface area contributed by atoms with Crippen LogP contribution in [0.2, 0.25) is 0 Å². The summed E-state index contributed by atoms with van der Waals surface area (Å²) in [7, 11) is 1.99. The summed E-state index contributed by atoms with van der Waals surface area (Å²) in [5.41, 5.74) is 7.51. The maximum absolute atomic E-state index is 6.19. The first-order valence-corrected chi connectivity index (χ1v) is 4.75. The second-order valence-electron chi connectivity index (χ2n) is 4.64. The van der Waals surface area contributed by atoms with Gasteiger partial charge in [0.1, 0.15) is 0 Å². The smallest absolute Gasteiger partial charge is 0.0492 e. The normalized spacial score (nSPS) is 20.3. The molecule has 1 aliphatic carbocycles. The summed E-state index contributed by atoms with van der Waals surface area (Å²) < 4.78 is 1.95. The lowest BCUT2D eigenvalue weighted by Gasteiger charge is -2.30. The van der Waals surface area contributed by atoms with E-state index in [-0.39, 0.29) is 11.0 Å². The van der Waals surface area contributed by atoms with Crippen LogP contribution >= 0.6 is 0 Å². The molecule has 0 unspecified atom stereocenters. The lowest BCUT2D eigenvalue weighted by Crippen LogP contribution is -2.46. The second-order valence-corrected chi connectivity index (χ2v) is 4.64. The fourth-order valence-electron chi connectivity index (χ4n) is 2.20. The van der Waals surface area contributed by atoms with E-state index in [0.29, 0.717) is 0 Å². The molecule has 3 heteroatoms. The van der Waals surface area contributed by atoms with E-state index in [9.17, 15) is 0 Å². The molecule has 1 aromatic rings. The van der Waals surface area contributed by atoms with Gasteiger partial charge in [-0.15, -0.1) is 0 Å². The van der Waals surface area contributed by atoms with Gasteiger partial charge >= 0.3 is 0 Å². The van der Waals surface area contributed by atoms with Crippen molar-refractivity contribution in [2.45, 2.75) is 37.6 Å². The van der Waals surface area contributed by atoms with Gasteiger partial charge in [0.25, 0.3) is 0 Å². The van der Waals surface area contributed by atoms with Crippen molar-refractivity contribution in [1.29, 1.82) is 0 Å². The van der Waals surface area contributed by atoms with Crippen molar-refractivity contribution in [1.82, 2.24) is 9.78 Å². The summed E-state index contributed by atoms with van der Waals surface area (Å²) in [5, 5.41) is 4.20. The van der Waals surface area contributed by atoms with E-state index in [1.54, 1.807) is 0 Å². The number of nitrogens with two attached hydrogens (primary N) is 1. The van der Waals surface area contributed by atoms with Crippen molar-refractivity contribution in [2.24, 2.45) is 12.8 Å². The fourth-order valence-corrected chi connectivity index (χ4v) is 2.20. The molecule has 1 fully saturated rings. The van der Waals surface area contributed by atoms with Gasteiger partial charge in [-0.1, -0.05) is 0 Å². The topological polar surface area (TPSA) is 43.8 Å². The highest BCUT2D eigenvalue weighted by molar-refractivity contribution is 5.30. The zero-order valence-electron chi connectivity index (χ0n) is 8.54. The molecular formula is C10H17N3. The van der Waals surface area contributed by atoms with Crippen LogP contribution in [-0.4, -0.2) is 15.3 Å². The van der Waals surface area contributed by atoms with Crippen molar-refractivity contribution >= 4 is 0 Å². The largest absolute Gasteiger partial charge is 0.325 e. The molecular weight excluding hydrogens is 162 g/mol. The molecule has 0 saturated heterocycles. The molecule has 1 aromatic heterocycles. The third-order valence-electron chi connectivity index (χ3n) is 3.29. The third-order valence-corrected chi connectivity index (χ3v) is 3.29. The van der Waals surface area contributed by atoms with E-state index in [4.69, 9.17) is 5.73 Å². The van der Waals surface area contributed by atoms with E-state index < -0.39 is 0 Å². The van der Waals surface area contributed by atoms with Crippen LogP contribution in [0.15, 0.2) is 12.3 Å². The highest BCUT2D eigenvalue weighted by Crippen LogP contribution is 2.54. The number of aromatic nitrogens is 2. The van der Waals surface area contributed by atoms with E-state index in [0.717, 1.165) is 0 Å². The minimum atomic E-state index is -0.138. The molecule has 0 amide bonds. The Morgan fingerprint density at radius 2 is 2.15 bits per heavy atom. The molecule has 0 spiro atoms. The molecule has 13 heavy (non-hydrogen) atoms. The summed E-state index contributed by atoms with van der Waals surface area (Å²) in [6, 6.07) is 2.08. The Bertz CT molecular complexity index is 315. The van der Waals surface area contributed by atoms with Gasteiger partial charge in [0.2, 0.25) is 0 Å². The Balaban J connectivity index is 2.42. The van der Waals surface area contributed by atoms with Crippen LogP contribution in [0, 0.1) is 0 Å². The molecule has 3 nitrogen and oxygen atoms in total. The van der Waals surface area contributed by atoms with Crippen LogP contribution in [0.5, 0.6) is 0 Å². The Hall–Kier alpha value is -0.830. The quantitative estimate of drug-likeness (QED) is 0.741. The van der Waals surface area contributed by atoms with Crippen molar-refractivity contribution in [3.8, 4) is 0 Å². The molecule has 1 aliphatic rings. The van der Waals surface area contributed by atoms with Gasteiger partial charge in [-0.05, 0) is 32.8 Å². The Kier molecular flexibility index (Phi) is 1.58. The van der Waals surface area contributed by atoms with E-state index in [1.165, 1.54) is 18.5 Å². The molecule has 0 radical (unpaired) electrons. The zero-order valence-corrected chi connectivity index (χ0v) is 8.54. The van der Waals surface area contributed by atoms with Crippen LogP contribution in [0.4, 0.5) is 0 Å².